The summed E-state index contributed by atoms with van der Waals surface area (Å²) in [5.41, 5.74) is 1.08. The molecule has 0 spiro atoms. The van der Waals surface area contributed by atoms with E-state index in [1.54, 1.807) is 0 Å². The Kier molecular flexibility index (Phi) is 4.15. The van der Waals surface area contributed by atoms with E-state index in [4.69, 9.17) is 13.9 Å². The summed E-state index contributed by atoms with van der Waals surface area (Å²) in [6.07, 6.45) is 2.40. The van der Waals surface area contributed by atoms with Gasteiger partial charge in [-0.1, -0.05) is 18.2 Å². The van der Waals surface area contributed by atoms with Crippen LogP contribution in [0.5, 0.6) is 11.5 Å². The van der Waals surface area contributed by atoms with Crippen molar-refractivity contribution >= 4 is 0 Å². The monoisotopic (exact) mass is 301 g/mol. The van der Waals surface area contributed by atoms with Crippen LogP contribution in [-0.4, -0.2) is 31.7 Å². The highest BCUT2D eigenvalue weighted by Gasteiger charge is 2.23. The maximum Gasteiger partial charge on any atom is 0.227 e. The molecule has 1 unspecified atom stereocenters. The maximum absolute atomic E-state index is 11.7. The minimum absolute atomic E-state index is 0.132. The smallest absolute Gasteiger partial charge is 0.227 e. The largest absolute Gasteiger partial charge is 0.490 e. The number of ether oxygens (including phenoxy) is 2. The number of nitrogens with zero attached hydrogens (tertiary/aromatic N) is 1. The van der Waals surface area contributed by atoms with E-state index in [9.17, 15) is 4.79 Å². The van der Waals surface area contributed by atoms with Crippen molar-refractivity contribution in [3.63, 3.8) is 0 Å². The molecule has 0 fully saturated rings. The average Bonchev–Trinajstić information content (AvgIpc) is 2.89. The molecule has 22 heavy (non-hydrogen) atoms. The second-order valence-electron chi connectivity index (χ2n) is 5.53. The third-order valence-corrected chi connectivity index (χ3v) is 3.73. The average molecular weight is 301 g/mol. The van der Waals surface area contributed by atoms with E-state index >= 15 is 0 Å². The van der Waals surface area contributed by atoms with Crippen molar-refractivity contribution < 1.29 is 13.9 Å². The molecular weight excluding hydrogens is 282 g/mol. The Bertz CT molecular complexity index is 685. The number of para-hydroxylation sites is 1. The van der Waals surface area contributed by atoms with E-state index in [-0.39, 0.29) is 17.3 Å². The molecular formula is C17H19NO4. The van der Waals surface area contributed by atoms with Crippen molar-refractivity contribution in [1.82, 2.24) is 4.90 Å². The topological polar surface area (TPSA) is 51.9 Å². The number of hydrogen-bond acceptors (Lipinski definition) is 5. The molecule has 1 atom stereocenters. The fourth-order valence-electron chi connectivity index (χ4n) is 2.70. The minimum atomic E-state index is -0.165. The van der Waals surface area contributed by atoms with E-state index in [0.29, 0.717) is 12.3 Å². The second-order valence-corrected chi connectivity index (χ2v) is 5.53. The molecule has 0 N–H and O–H groups in total. The van der Waals surface area contributed by atoms with Crippen LogP contribution in [0.4, 0.5) is 0 Å². The Hall–Kier alpha value is -2.27. The lowest BCUT2D eigenvalue weighted by Gasteiger charge is -2.20. The number of rotatable bonds is 5. The van der Waals surface area contributed by atoms with Gasteiger partial charge in [-0.2, -0.15) is 0 Å². The van der Waals surface area contributed by atoms with Crippen LogP contribution < -0.4 is 14.9 Å². The summed E-state index contributed by atoms with van der Waals surface area (Å²) in [7, 11) is 3.43. The fourth-order valence-corrected chi connectivity index (χ4v) is 2.70. The number of likely N-dealkylation sites (N-methyl/N-ethyl adjacent to an activating group) is 1. The molecule has 1 aromatic carbocycles. The van der Waals surface area contributed by atoms with E-state index < -0.39 is 0 Å². The van der Waals surface area contributed by atoms with Crippen molar-refractivity contribution in [2.45, 2.75) is 19.1 Å². The summed E-state index contributed by atoms with van der Waals surface area (Å²) in [5, 5.41) is 0. The molecule has 0 saturated carbocycles. The highest BCUT2D eigenvalue weighted by Crippen LogP contribution is 2.28. The normalized spacial score (nSPS) is 16.4. The molecule has 0 saturated heterocycles. The van der Waals surface area contributed by atoms with Crippen LogP contribution in [0.3, 0.4) is 0 Å². The predicted molar refractivity (Wildman–Crippen MR) is 82.4 cm³/mol. The molecule has 0 bridgehead atoms. The number of benzene rings is 1. The highest BCUT2D eigenvalue weighted by atomic mass is 16.5. The maximum atomic E-state index is 11.7. The zero-order valence-corrected chi connectivity index (χ0v) is 12.7. The van der Waals surface area contributed by atoms with Crippen LogP contribution in [-0.2, 0) is 13.0 Å². The van der Waals surface area contributed by atoms with Crippen molar-refractivity contribution in [3.05, 3.63) is 58.1 Å². The van der Waals surface area contributed by atoms with Gasteiger partial charge in [0.1, 0.15) is 23.9 Å². The zero-order chi connectivity index (χ0) is 15.5. The van der Waals surface area contributed by atoms with Crippen LogP contribution in [0.25, 0.3) is 0 Å². The van der Waals surface area contributed by atoms with Gasteiger partial charge in [0.05, 0.1) is 13.7 Å². The first kappa shape index (κ1) is 14.7. The van der Waals surface area contributed by atoms with Crippen molar-refractivity contribution in [1.29, 1.82) is 0 Å². The van der Waals surface area contributed by atoms with E-state index in [1.807, 2.05) is 25.2 Å². The van der Waals surface area contributed by atoms with Gasteiger partial charge in [-0.15, -0.1) is 0 Å². The van der Waals surface area contributed by atoms with Crippen LogP contribution in [0, 0.1) is 0 Å². The molecule has 1 aliphatic rings. The Morgan fingerprint density at radius 2 is 2.18 bits per heavy atom. The Morgan fingerprint density at radius 1 is 1.36 bits per heavy atom. The number of methoxy groups -OCH3 is 1. The number of hydrogen-bond donors (Lipinski definition) is 0. The van der Waals surface area contributed by atoms with Gasteiger partial charge in [0, 0.05) is 19.0 Å². The summed E-state index contributed by atoms with van der Waals surface area (Å²) in [5.74, 6) is 1.81. The third-order valence-electron chi connectivity index (χ3n) is 3.73. The van der Waals surface area contributed by atoms with E-state index in [0.717, 1.165) is 18.7 Å². The molecule has 0 aliphatic carbocycles. The minimum Gasteiger partial charge on any atom is -0.490 e. The molecule has 1 aromatic heterocycles. The molecule has 1 aliphatic heterocycles. The first-order valence-electron chi connectivity index (χ1n) is 7.24. The molecule has 116 valence electrons. The van der Waals surface area contributed by atoms with Gasteiger partial charge in [0.2, 0.25) is 11.2 Å². The van der Waals surface area contributed by atoms with Gasteiger partial charge in [-0.25, -0.2) is 0 Å². The molecule has 0 radical (unpaired) electrons. The lowest BCUT2D eigenvalue weighted by molar-refractivity contribution is 0.159. The van der Waals surface area contributed by atoms with Crippen molar-refractivity contribution in [3.8, 4) is 11.5 Å². The van der Waals surface area contributed by atoms with Gasteiger partial charge in [-0.3, -0.25) is 9.69 Å². The van der Waals surface area contributed by atoms with Gasteiger partial charge >= 0.3 is 0 Å². The van der Waals surface area contributed by atoms with E-state index in [1.165, 1.54) is 25.0 Å². The Labute approximate surface area is 129 Å². The van der Waals surface area contributed by atoms with Crippen LogP contribution in [0.15, 0.2) is 45.8 Å². The molecule has 2 heterocycles. The number of fused-ring (bicyclic) bond motifs is 1. The summed E-state index contributed by atoms with van der Waals surface area (Å²) >= 11 is 0. The second kappa shape index (κ2) is 6.23. The first-order chi connectivity index (χ1) is 10.7. The standard InChI is InChI=1S/C17H19NO4/c1-18(9-13-8-15(19)17(20-2)11-21-13)10-14-7-12-5-3-4-6-16(12)22-14/h3-6,8,11,14H,7,9-10H2,1-2H3. The summed E-state index contributed by atoms with van der Waals surface area (Å²) < 4.78 is 16.2. The van der Waals surface area contributed by atoms with Gasteiger partial charge in [-0.05, 0) is 18.7 Å². The van der Waals surface area contributed by atoms with Crippen LogP contribution >= 0.6 is 0 Å². The van der Waals surface area contributed by atoms with Crippen molar-refractivity contribution in [2.75, 3.05) is 20.7 Å². The zero-order valence-electron chi connectivity index (χ0n) is 12.7. The Morgan fingerprint density at radius 3 is 2.91 bits per heavy atom. The van der Waals surface area contributed by atoms with E-state index in [2.05, 4.69) is 11.0 Å². The highest BCUT2D eigenvalue weighted by molar-refractivity contribution is 5.37. The predicted octanol–water partition coefficient (Wildman–Crippen LogP) is 2.08. The molecule has 5 nitrogen and oxygen atoms in total. The summed E-state index contributed by atoms with van der Waals surface area (Å²) in [6, 6.07) is 9.58. The van der Waals surface area contributed by atoms with Gasteiger partial charge in [0.15, 0.2) is 0 Å². The van der Waals surface area contributed by atoms with Crippen LogP contribution in [0.2, 0.25) is 0 Å². The lowest BCUT2D eigenvalue weighted by atomic mass is 10.1. The van der Waals surface area contributed by atoms with Gasteiger partial charge in [0.25, 0.3) is 0 Å². The fraction of sp³-hybridized carbons (Fsp3) is 0.353. The first-order valence-corrected chi connectivity index (χ1v) is 7.24. The molecule has 2 aromatic rings. The molecule has 3 rings (SSSR count). The quantitative estimate of drug-likeness (QED) is 0.846. The SMILES string of the molecule is COc1coc(CN(C)CC2Cc3ccccc3O2)cc1=O. The Balaban J connectivity index is 1.58. The van der Waals surface area contributed by atoms with Gasteiger partial charge < -0.3 is 13.9 Å². The molecule has 0 amide bonds. The van der Waals surface area contributed by atoms with Crippen molar-refractivity contribution in [2.24, 2.45) is 0 Å². The lowest BCUT2D eigenvalue weighted by Crippen LogP contribution is -2.31. The summed E-state index contributed by atoms with van der Waals surface area (Å²) in [6.45, 7) is 1.32. The summed E-state index contributed by atoms with van der Waals surface area (Å²) in [4.78, 5) is 13.8. The van der Waals surface area contributed by atoms with Crippen LogP contribution in [0.1, 0.15) is 11.3 Å². The molecule has 5 heteroatoms. The third kappa shape index (κ3) is 3.14.